The van der Waals surface area contributed by atoms with Crippen LogP contribution in [0, 0.1) is 0 Å². The van der Waals surface area contributed by atoms with E-state index in [1.54, 1.807) is 36.4 Å². The Morgan fingerprint density at radius 1 is 0.905 bits per heavy atom. The van der Waals surface area contributed by atoms with Gasteiger partial charge in [0, 0.05) is 10.0 Å². The Morgan fingerprint density at radius 3 is 1.95 bits per heavy atom. The smallest absolute Gasteiger partial charge is 0.263 e. The number of alkyl halides is 2. The van der Waals surface area contributed by atoms with E-state index in [0.29, 0.717) is 26.9 Å². The summed E-state index contributed by atoms with van der Waals surface area (Å²) in [4.78, 5) is 0. The highest BCUT2D eigenvalue weighted by molar-refractivity contribution is 6.34. The number of halogens is 4. The van der Waals surface area contributed by atoms with Gasteiger partial charge in [-0.25, -0.2) is 8.78 Å². The van der Waals surface area contributed by atoms with Crippen LogP contribution in [0.25, 0.3) is 0 Å². The fourth-order valence-corrected chi connectivity index (χ4v) is 3.27. The van der Waals surface area contributed by atoms with Crippen LogP contribution in [-0.4, -0.2) is 13.0 Å². The Hall–Kier alpha value is -1.32. The highest BCUT2D eigenvalue weighted by Crippen LogP contribution is 2.67. The Morgan fingerprint density at radius 2 is 1.43 bits per heavy atom. The van der Waals surface area contributed by atoms with Crippen molar-refractivity contribution in [3.63, 3.8) is 0 Å². The second-order valence-electron chi connectivity index (χ2n) is 5.11. The Bertz CT molecular complexity index is 650. The first-order chi connectivity index (χ1) is 9.93. The van der Waals surface area contributed by atoms with Crippen molar-refractivity contribution in [2.45, 2.75) is 17.8 Å². The van der Waals surface area contributed by atoms with Gasteiger partial charge < -0.3 is 4.74 Å². The van der Waals surface area contributed by atoms with E-state index >= 15 is 0 Å². The third-order valence-corrected chi connectivity index (χ3v) is 4.21. The number of ether oxygens (including phenoxy) is 1. The summed E-state index contributed by atoms with van der Waals surface area (Å²) in [6.45, 7) is 0. The molecular weight excluding hydrogens is 317 g/mol. The second-order valence-corrected chi connectivity index (χ2v) is 5.98. The summed E-state index contributed by atoms with van der Waals surface area (Å²) < 4.78 is 33.4. The molecule has 0 spiro atoms. The number of methoxy groups -OCH3 is 1. The Balaban J connectivity index is 1.93. The number of hydrogen-bond donors (Lipinski definition) is 0. The van der Waals surface area contributed by atoms with Gasteiger partial charge in [0.15, 0.2) is 0 Å². The zero-order valence-electron chi connectivity index (χ0n) is 11.1. The quantitative estimate of drug-likeness (QED) is 0.721. The summed E-state index contributed by atoms with van der Waals surface area (Å²) in [5.74, 6) is -3.88. The molecule has 21 heavy (non-hydrogen) atoms. The molecule has 2 aromatic rings. The van der Waals surface area contributed by atoms with Gasteiger partial charge in [-0.2, -0.15) is 0 Å². The van der Waals surface area contributed by atoms with Gasteiger partial charge in [0.2, 0.25) is 0 Å². The molecule has 0 heterocycles. The van der Waals surface area contributed by atoms with Crippen LogP contribution >= 0.6 is 23.2 Å². The van der Waals surface area contributed by atoms with E-state index in [4.69, 9.17) is 27.9 Å². The van der Waals surface area contributed by atoms with Crippen molar-refractivity contribution in [1.29, 1.82) is 0 Å². The van der Waals surface area contributed by atoms with Gasteiger partial charge in [-0.1, -0.05) is 35.3 Å². The largest absolute Gasteiger partial charge is 0.497 e. The molecule has 1 aliphatic carbocycles. The van der Waals surface area contributed by atoms with E-state index in [2.05, 4.69) is 0 Å². The zero-order chi connectivity index (χ0) is 15.2. The molecule has 0 saturated heterocycles. The summed E-state index contributed by atoms with van der Waals surface area (Å²) in [6.07, 6.45) is 0. The summed E-state index contributed by atoms with van der Waals surface area (Å²) in [7, 11) is 1.54. The third-order valence-electron chi connectivity index (χ3n) is 3.77. The van der Waals surface area contributed by atoms with Gasteiger partial charge in [-0.05, 0) is 41.5 Å². The highest BCUT2D eigenvalue weighted by atomic mass is 35.5. The third kappa shape index (κ3) is 2.60. The Kier molecular flexibility index (Phi) is 3.58. The molecule has 2 atom stereocenters. The monoisotopic (exact) mass is 328 g/mol. The van der Waals surface area contributed by atoms with E-state index in [1.807, 2.05) is 0 Å². The van der Waals surface area contributed by atoms with E-state index in [1.165, 1.54) is 13.2 Å². The molecule has 0 aromatic heterocycles. The lowest BCUT2D eigenvalue weighted by atomic mass is 10.0. The van der Waals surface area contributed by atoms with E-state index in [0.717, 1.165) is 0 Å². The van der Waals surface area contributed by atoms with Crippen molar-refractivity contribution in [3.8, 4) is 5.75 Å². The minimum Gasteiger partial charge on any atom is -0.497 e. The van der Waals surface area contributed by atoms with Crippen LogP contribution in [0.2, 0.25) is 10.0 Å². The van der Waals surface area contributed by atoms with E-state index < -0.39 is 17.8 Å². The standard InChI is InChI=1S/C16H12Cl2F2O/c1-21-13-4-2-9(3-5-13)14-15(16(14,19)20)10-6-11(17)8-12(18)7-10/h2-8,14-15H,1H3. The Labute approximate surface area is 131 Å². The molecule has 0 radical (unpaired) electrons. The van der Waals surface area contributed by atoms with Crippen LogP contribution in [0.5, 0.6) is 5.75 Å². The fraction of sp³-hybridized carbons (Fsp3) is 0.250. The SMILES string of the molecule is COc1ccc(C2C(c3cc(Cl)cc(Cl)c3)C2(F)F)cc1. The molecular formula is C16H12Cl2F2O. The van der Waals surface area contributed by atoms with Gasteiger partial charge >= 0.3 is 0 Å². The van der Waals surface area contributed by atoms with Gasteiger partial charge in [0.1, 0.15) is 5.75 Å². The molecule has 1 saturated carbocycles. The summed E-state index contributed by atoms with van der Waals surface area (Å²) in [5.41, 5.74) is 1.06. The lowest BCUT2D eigenvalue weighted by Crippen LogP contribution is -1.94. The molecule has 0 N–H and O–H groups in total. The normalized spacial score (nSPS) is 22.9. The van der Waals surface area contributed by atoms with Crippen LogP contribution in [0.4, 0.5) is 8.78 Å². The number of rotatable bonds is 3. The topological polar surface area (TPSA) is 9.23 Å². The first-order valence-corrected chi connectivity index (χ1v) is 7.17. The molecule has 2 aromatic carbocycles. The van der Waals surface area contributed by atoms with Crippen LogP contribution in [0.1, 0.15) is 23.0 Å². The first kappa shape index (κ1) is 14.6. The van der Waals surface area contributed by atoms with Crippen molar-refractivity contribution in [2.24, 2.45) is 0 Å². The summed E-state index contributed by atoms with van der Waals surface area (Å²) in [6, 6.07) is 11.4. The lowest BCUT2D eigenvalue weighted by Gasteiger charge is -2.03. The van der Waals surface area contributed by atoms with Gasteiger partial charge in [-0.15, -0.1) is 0 Å². The van der Waals surface area contributed by atoms with E-state index in [-0.39, 0.29) is 0 Å². The van der Waals surface area contributed by atoms with Gasteiger partial charge in [-0.3, -0.25) is 0 Å². The molecule has 0 amide bonds. The van der Waals surface area contributed by atoms with Crippen LogP contribution in [0.3, 0.4) is 0 Å². The minimum absolute atomic E-state index is 0.369. The van der Waals surface area contributed by atoms with Crippen LogP contribution in [0.15, 0.2) is 42.5 Å². The lowest BCUT2D eigenvalue weighted by molar-refractivity contribution is 0.105. The zero-order valence-corrected chi connectivity index (χ0v) is 12.6. The fourth-order valence-electron chi connectivity index (χ4n) is 2.72. The molecule has 1 fully saturated rings. The van der Waals surface area contributed by atoms with Crippen molar-refractivity contribution < 1.29 is 13.5 Å². The minimum atomic E-state index is -2.79. The van der Waals surface area contributed by atoms with Crippen LogP contribution < -0.4 is 4.74 Å². The van der Waals surface area contributed by atoms with Crippen molar-refractivity contribution >= 4 is 23.2 Å². The van der Waals surface area contributed by atoms with Gasteiger partial charge in [0.25, 0.3) is 5.92 Å². The summed E-state index contributed by atoms with van der Waals surface area (Å²) in [5, 5.41) is 0.738. The van der Waals surface area contributed by atoms with Gasteiger partial charge in [0.05, 0.1) is 18.9 Å². The second kappa shape index (κ2) is 5.15. The highest BCUT2D eigenvalue weighted by Gasteiger charge is 2.69. The maximum absolute atomic E-state index is 14.2. The van der Waals surface area contributed by atoms with Crippen molar-refractivity contribution in [1.82, 2.24) is 0 Å². The summed E-state index contributed by atoms with van der Waals surface area (Å²) >= 11 is 11.8. The molecule has 3 rings (SSSR count). The van der Waals surface area contributed by atoms with Crippen molar-refractivity contribution in [3.05, 3.63) is 63.6 Å². The predicted octanol–water partition coefficient (Wildman–Crippen LogP) is 5.52. The van der Waals surface area contributed by atoms with Crippen LogP contribution in [-0.2, 0) is 0 Å². The van der Waals surface area contributed by atoms with Crippen molar-refractivity contribution in [2.75, 3.05) is 7.11 Å². The number of benzene rings is 2. The average molecular weight is 329 g/mol. The average Bonchev–Trinajstić information content (AvgIpc) is 3.00. The first-order valence-electron chi connectivity index (χ1n) is 6.41. The maximum Gasteiger partial charge on any atom is 0.263 e. The predicted molar refractivity (Wildman–Crippen MR) is 79.9 cm³/mol. The van der Waals surface area contributed by atoms with E-state index in [9.17, 15) is 8.78 Å². The molecule has 110 valence electrons. The molecule has 1 aliphatic rings. The molecule has 0 aliphatic heterocycles. The molecule has 1 nitrogen and oxygen atoms in total. The maximum atomic E-state index is 14.2. The molecule has 2 unspecified atom stereocenters. The molecule has 0 bridgehead atoms. The number of hydrogen-bond acceptors (Lipinski definition) is 1. The molecule has 5 heteroatoms.